The standard InChI is InChI=1S/C22H16Cl2N2O3/c1-13-4-9-16(11-18(13)24)25-20-19(14-5-7-15(23)8-6-14)21(27)26(22(20)28)12-17-3-2-10-29-17/h2-11,25H,12H2,1H3. The van der Waals surface area contributed by atoms with Crippen LogP contribution in [0.4, 0.5) is 5.69 Å². The molecule has 1 aliphatic heterocycles. The number of amides is 2. The van der Waals surface area contributed by atoms with E-state index in [1.807, 2.05) is 13.0 Å². The number of nitrogens with zero attached hydrogens (tertiary/aromatic N) is 1. The summed E-state index contributed by atoms with van der Waals surface area (Å²) in [5.41, 5.74) is 2.58. The maximum absolute atomic E-state index is 13.2. The highest BCUT2D eigenvalue weighted by molar-refractivity contribution is 6.37. The normalized spacial score (nSPS) is 14.1. The quantitative estimate of drug-likeness (QED) is 0.563. The van der Waals surface area contributed by atoms with E-state index >= 15 is 0 Å². The Hall–Kier alpha value is -3.02. The number of rotatable bonds is 5. The molecule has 3 aromatic rings. The summed E-state index contributed by atoms with van der Waals surface area (Å²) in [6.07, 6.45) is 1.50. The van der Waals surface area contributed by atoms with Crippen LogP contribution in [0.5, 0.6) is 0 Å². The first-order valence-corrected chi connectivity index (χ1v) is 9.61. The molecule has 2 heterocycles. The van der Waals surface area contributed by atoms with E-state index in [2.05, 4.69) is 5.32 Å². The highest BCUT2D eigenvalue weighted by atomic mass is 35.5. The van der Waals surface area contributed by atoms with Crippen LogP contribution in [0, 0.1) is 6.92 Å². The van der Waals surface area contributed by atoms with Crippen LogP contribution in [0.3, 0.4) is 0 Å². The van der Waals surface area contributed by atoms with E-state index in [1.165, 1.54) is 6.26 Å². The van der Waals surface area contributed by atoms with Crippen molar-refractivity contribution in [3.05, 3.63) is 93.5 Å². The van der Waals surface area contributed by atoms with Gasteiger partial charge in [0.2, 0.25) is 0 Å². The fourth-order valence-corrected chi connectivity index (χ4v) is 3.40. The van der Waals surface area contributed by atoms with Crippen LogP contribution >= 0.6 is 23.2 Å². The number of anilines is 1. The third-order valence-electron chi connectivity index (χ3n) is 4.64. The molecule has 0 fully saturated rings. The minimum atomic E-state index is -0.437. The molecular formula is C22H16Cl2N2O3. The molecule has 29 heavy (non-hydrogen) atoms. The minimum Gasteiger partial charge on any atom is -0.467 e. The molecule has 1 aromatic heterocycles. The zero-order valence-corrected chi connectivity index (χ0v) is 16.9. The monoisotopic (exact) mass is 426 g/mol. The van der Waals surface area contributed by atoms with Gasteiger partial charge in [-0.05, 0) is 54.4 Å². The van der Waals surface area contributed by atoms with Crippen molar-refractivity contribution < 1.29 is 14.0 Å². The van der Waals surface area contributed by atoms with Gasteiger partial charge in [0, 0.05) is 15.7 Å². The summed E-state index contributed by atoms with van der Waals surface area (Å²) in [6, 6.07) is 15.6. The Balaban J connectivity index is 1.76. The maximum atomic E-state index is 13.2. The van der Waals surface area contributed by atoms with Crippen molar-refractivity contribution in [3.63, 3.8) is 0 Å². The molecule has 2 amide bonds. The van der Waals surface area contributed by atoms with Gasteiger partial charge >= 0.3 is 0 Å². The van der Waals surface area contributed by atoms with Crippen LogP contribution < -0.4 is 5.32 Å². The van der Waals surface area contributed by atoms with Gasteiger partial charge in [-0.2, -0.15) is 0 Å². The van der Waals surface area contributed by atoms with Crippen LogP contribution in [0.1, 0.15) is 16.9 Å². The number of carbonyl (C=O) groups excluding carboxylic acids is 2. The van der Waals surface area contributed by atoms with E-state index in [9.17, 15) is 9.59 Å². The highest BCUT2D eigenvalue weighted by Crippen LogP contribution is 2.33. The van der Waals surface area contributed by atoms with Crippen LogP contribution in [0.2, 0.25) is 10.0 Å². The molecule has 4 rings (SSSR count). The summed E-state index contributed by atoms with van der Waals surface area (Å²) in [5, 5.41) is 4.18. The molecule has 0 atom stereocenters. The number of aryl methyl sites for hydroxylation is 1. The number of hydrogen-bond acceptors (Lipinski definition) is 4. The van der Waals surface area contributed by atoms with Crippen molar-refractivity contribution in [3.8, 4) is 0 Å². The third-order valence-corrected chi connectivity index (χ3v) is 5.30. The van der Waals surface area contributed by atoms with Crippen LogP contribution in [-0.2, 0) is 16.1 Å². The Morgan fingerprint density at radius 2 is 1.76 bits per heavy atom. The summed E-state index contributed by atoms with van der Waals surface area (Å²) >= 11 is 12.2. The molecule has 0 aliphatic carbocycles. The SMILES string of the molecule is Cc1ccc(NC2=C(c3ccc(Cl)cc3)C(=O)N(Cc3ccco3)C2=O)cc1Cl. The molecule has 146 valence electrons. The minimum absolute atomic E-state index is 0.0432. The van der Waals surface area contributed by atoms with Gasteiger partial charge in [0.15, 0.2) is 0 Å². The van der Waals surface area contributed by atoms with E-state index in [0.29, 0.717) is 27.1 Å². The zero-order valence-electron chi connectivity index (χ0n) is 15.4. The number of hydrogen-bond donors (Lipinski definition) is 1. The van der Waals surface area contributed by atoms with Crippen molar-refractivity contribution >= 4 is 46.3 Å². The molecule has 0 saturated carbocycles. The maximum Gasteiger partial charge on any atom is 0.278 e. The zero-order chi connectivity index (χ0) is 20.5. The van der Waals surface area contributed by atoms with Gasteiger partial charge in [-0.25, -0.2) is 0 Å². The second-order valence-electron chi connectivity index (χ2n) is 6.62. The number of carbonyl (C=O) groups is 2. The lowest BCUT2D eigenvalue weighted by Gasteiger charge is -2.14. The van der Waals surface area contributed by atoms with Crippen molar-refractivity contribution in [1.29, 1.82) is 0 Å². The summed E-state index contributed by atoms with van der Waals surface area (Å²) in [4.78, 5) is 27.4. The Bertz CT molecular complexity index is 1120. The molecule has 0 unspecified atom stereocenters. The Morgan fingerprint density at radius 3 is 2.41 bits per heavy atom. The molecule has 0 radical (unpaired) electrons. The molecule has 7 heteroatoms. The third kappa shape index (κ3) is 3.79. The van der Waals surface area contributed by atoms with Crippen molar-refractivity contribution in [2.75, 3.05) is 5.32 Å². The first-order valence-electron chi connectivity index (χ1n) is 8.86. The van der Waals surface area contributed by atoms with Gasteiger partial charge in [0.25, 0.3) is 11.8 Å². The average molecular weight is 427 g/mol. The van der Waals surface area contributed by atoms with Gasteiger partial charge in [-0.1, -0.05) is 41.4 Å². The lowest BCUT2D eigenvalue weighted by Crippen LogP contribution is -2.31. The highest BCUT2D eigenvalue weighted by Gasteiger charge is 2.39. The summed E-state index contributed by atoms with van der Waals surface area (Å²) < 4.78 is 5.31. The smallest absolute Gasteiger partial charge is 0.278 e. The Kier molecular flexibility index (Phi) is 5.18. The van der Waals surface area contributed by atoms with Gasteiger partial charge in [0.1, 0.15) is 11.5 Å². The van der Waals surface area contributed by atoms with Gasteiger partial charge in [-0.3, -0.25) is 14.5 Å². The molecule has 0 saturated heterocycles. The van der Waals surface area contributed by atoms with Crippen molar-refractivity contribution in [1.82, 2.24) is 4.90 Å². The number of imide groups is 1. The van der Waals surface area contributed by atoms with Gasteiger partial charge in [0.05, 0.1) is 18.4 Å². The van der Waals surface area contributed by atoms with Gasteiger partial charge in [-0.15, -0.1) is 0 Å². The largest absolute Gasteiger partial charge is 0.467 e. The number of nitrogens with one attached hydrogen (secondary N) is 1. The van der Waals surface area contributed by atoms with E-state index in [-0.39, 0.29) is 17.8 Å². The summed E-state index contributed by atoms with van der Waals surface area (Å²) in [7, 11) is 0. The topological polar surface area (TPSA) is 62.6 Å². The van der Waals surface area contributed by atoms with E-state index in [1.54, 1.807) is 48.5 Å². The second-order valence-corrected chi connectivity index (χ2v) is 7.47. The van der Waals surface area contributed by atoms with E-state index < -0.39 is 11.8 Å². The summed E-state index contributed by atoms with van der Waals surface area (Å²) in [6.45, 7) is 1.93. The predicted molar refractivity (Wildman–Crippen MR) is 112 cm³/mol. The molecule has 1 N–H and O–H groups in total. The van der Waals surface area contributed by atoms with Crippen LogP contribution in [-0.4, -0.2) is 16.7 Å². The average Bonchev–Trinajstić information content (AvgIpc) is 3.29. The molecular weight excluding hydrogens is 411 g/mol. The van der Waals surface area contributed by atoms with E-state index in [0.717, 1.165) is 10.5 Å². The fourth-order valence-electron chi connectivity index (χ4n) is 3.09. The first kappa shape index (κ1) is 19.3. The summed E-state index contributed by atoms with van der Waals surface area (Å²) in [5.74, 6) is -0.329. The predicted octanol–water partition coefficient (Wildman–Crippen LogP) is 5.29. The molecule has 1 aliphatic rings. The van der Waals surface area contributed by atoms with E-state index in [4.69, 9.17) is 27.6 Å². The fraction of sp³-hybridized carbons (Fsp3) is 0.0909. The molecule has 2 aromatic carbocycles. The van der Waals surface area contributed by atoms with Crippen molar-refractivity contribution in [2.45, 2.75) is 13.5 Å². The first-order chi connectivity index (χ1) is 13.9. The number of halogens is 2. The number of furan rings is 1. The van der Waals surface area contributed by atoms with Crippen LogP contribution in [0.25, 0.3) is 5.57 Å². The Morgan fingerprint density at radius 1 is 1.00 bits per heavy atom. The number of benzene rings is 2. The van der Waals surface area contributed by atoms with Crippen LogP contribution in [0.15, 0.2) is 71.0 Å². The second kappa shape index (κ2) is 7.78. The van der Waals surface area contributed by atoms with Crippen molar-refractivity contribution in [2.24, 2.45) is 0 Å². The molecule has 0 bridgehead atoms. The molecule has 0 spiro atoms. The lowest BCUT2D eigenvalue weighted by atomic mass is 10.0. The molecule has 5 nitrogen and oxygen atoms in total. The lowest BCUT2D eigenvalue weighted by molar-refractivity contribution is -0.137. The Labute approximate surface area is 177 Å². The van der Waals surface area contributed by atoms with Gasteiger partial charge < -0.3 is 9.73 Å².